The van der Waals surface area contributed by atoms with E-state index < -0.39 is 4.92 Å². The van der Waals surface area contributed by atoms with Gasteiger partial charge in [0.25, 0.3) is 5.69 Å². The van der Waals surface area contributed by atoms with Crippen LogP contribution in [-0.2, 0) is 0 Å². The van der Waals surface area contributed by atoms with Crippen molar-refractivity contribution in [2.45, 2.75) is 0 Å². The molecule has 5 heteroatoms. The van der Waals surface area contributed by atoms with E-state index in [0.29, 0.717) is 5.75 Å². The van der Waals surface area contributed by atoms with Crippen molar-refractivity contribution in [2.24, 2.45) is 0 Å². The standard InChI is InChI=1S/C7H7N2O3/c1-12-7-3-2-5(9(10)11)4-6(7)8/h3-4H,8H2,1H3. The van der Waals surface area contributed by atoms with E-state index >= 15 is 0 Å². The third kappa shape index (κ3) is 1.45. The van der Waals surface area contributed by atoms with Gasteiger partial charge < -0.3 is 10.5 Å². The highest BCUT2D eigenvalue weighted by molar-refractivity contribution is 5.57. The van der Waals surface area contributed by atoms with Crippen LogP contribution in [0, 0.1) is 16.2 Å². The van der Waals surface area contributed by atoms with E-state index in [1.165, 1.54) is 19.2 Å². The molecule has 5 nitrogen and oxygen atoms in total. The lowest BCUT2D eigenvalue weighted by Gasteiger charge is -2.01. The molecule has 2 N–H and O–H groups in total. The fourth-order valence-corrected chi connectivity index (χ4v) is 0.765. The van der Waals surface area contributed by atoms with Crippen molar-refractivity contribution in [1.82, 2.24) is 0 Å². The fraction of sp³-hybridized carbons (Fsp3) is 0.143. The predicted molar refractivity (Wildman–Crippen MR) is 42.9 cm³/mol. The topological polar surface area (TPSA) is 78.4 Å². The van der Waals surface area contributed by atoms with Gasteiger partial charge in [-0.25, -0.2) is 0 Å². The molecule has 0 fully saturated rings. The molecule has 12 heavy (non-hydrogen) atoms. The minimum atomic E-state index is -0.560. The zero-order valence-corrected chi connectivity index (χ0v) is 6.40. The molecule has 0 saturated carbocycles. The summed E-state index contributed by atoms with van der Waals surface area (Å²) in [5, 5.41) is 10.2. The first-order valence-corrected chi connectivity index (χ1v) is 3.14. The molecule has 0 heterocycles. The molecule has 0 atom stereocenters. The van der Waals surface area contributed by atoms with Crippen LogP contribution < -0.4 is 10.5 Å². The molecule has 0 aromatic heterocycles. The van der Waals surface area contributed by atoms with Gasteiger partial charge in [0.1, 0.15) is 5.75 Å². The van der Waals surface area contributed by atoms with Crippen molar-refractivity contribution in [3.63, 3.8) is 0 Å². The average Bonchev–Trinajstić information content (AvgIpc) is 2.04. The number of anilines is 1. The highest BCUT2D eigenvalue weighted by Crippen LogP contribution is 2.24. The Labute approximate surface area is 68.9 Å². The highest BCUT2D eigenvalue weighted by Gasteiger charge is 2.08. The Morgan fingerprint density at radius 3 is 2.83 bits per heavy atom. The Morgan fingerprint density at radius 2 is 2.42 bits per heavy atom. The number of methoxy groups -OCH3 is 1. The van der Waals surface area contributed by atoms with Gasteiger partial charge in [-0.2, -0.15) is 0 Å². The summed E-state index contributed by atoms with van der Waals surface area (Å²) in [6.07, 6.45) is 0. The Kier molecular flexibility index (Phi) is 2.14. The van der Waals surface area contributed by atoms with Gasteiger partial charge in [0.15, 0.2) is 0 Å². The third-order valence-electron chi connectivity index (χ3n) is 1.34. The summed E-state index contributed by atoms with van der Waals surface area (Å²) in [5.41, 5.74) is 5.50. The first-order chi connectivity index (χ1) is 5.65. The maximum atomic E-state index is 10.2. The molecule has 0 saturated heterocycles. The number of nitrogen functional groups attached to an aromatic ring is 1. The fourth-order valence-electron chi connectivity index (χ4n) is 0.765. The van der Waals surface area contributed by atoms with E-state index in [9.17, 15) is 10.1 Å². The van der Waals surface area contributed by atoms with Crippen molar-refractivity contribution < 1.29 is 9.66 Å². The summed E-state index contributed by atoms with van der Waals surface area (Å²) >= 11 is 0. The average molecular weight is 167 g/mol. The molecule has 0 aliphatic carbocycles. The lowest BCUT2D eigenvalue weighted by molar-refractivity contribution is -0.385. The van der Waals surface area contributed by atoms with Gasteiger partial charge in [-0.15, -0.1) is 0 Å². The summed E-state index contributed by atoms with van der Waals surface area (Å²) in [7, 11) is 1.44. The molecule has 1 aromatic rings. The molecule has 1 radical (unpaired) electrons. The Bertz CT molecular complexity index is 312. The molecular formula is C7H7N2O3. The van der Waals surface area contributed by atoms with E-state index in [4.69, 9.17) is 10.5 Å². The molecule has 1 aromatic carbocycles. The van der Waals surface area contributed by atoms with E-state index in [1.807, 2.05) is 0 Å². The molecule has 0 aliphatic heterocycles. The van der Waals surface area contributed by atoms with Crippen LogP contribution in [0.3, 0.4) is 0 Å². The number of nitro benzene ring substituents is 1. The number of nitro groups is 1. The van der Waals surface area contributed by atoms with E-state index in [0.717, 1.165) is 0 Å². The second-order valence-electron chi connectivity index (χ2n) is 2.10. The number of hydrogen-bond donors (Lipinski definition) is 1. The van der Waals surface area contributed by atoms with Crippen LogP contribution in [0.5, 0.6) is 5.75 Å². The van der Waals surface area contributed by atoms with Gasteiger partial charge in [-0.05, 0) is 6.07 Å². The van der Waals surface area contributed by atoms with Crippen molar-refractivity contribution in [2.75, 3.05) is 12.8 Å². The molecule has 0 aliphatic rings. The maximum absolute atomic E-state index is 10.2. The van der Waals surface area contributed by atoms with E-state index in [2.05, 4.69) is 6.07 Å². The number of ether oxygens (including phenoxy) is 1. The second-order valence-corrected chi connectivity index (χ2v) is 2.10. The number of hydrogen-bond acceptors (Lipinski definition) is 4. The van der Waals surface area contributed by atoms with Gasteiger partial charge >= 0.3 is 0 Å². The molecule has 0 amide bonds. The van der Waals surface area contributed by atoms with E-state index in [-0.39, 0.29) is 11.4 Å². The number of non-ortho nitro benzene ring substituents is 1. The molecule has 63 valence electrons. The summed E-state index contributed by atoms with van der Waals surface area (Å²) in [6, 6.07) is 4.97. The van der Waals surface area contributed by atoms with Crippen LogP contribution in [0.25, 0.3) is 0 Å². The smallest absolute Gasteiger partial charge is 0.279 e. The molecular weight excluding hydrogens is 160 g/mol. The quantitative estimate of drug-likeness (QED) is 0.404. The minimum Gasteiger partial charge on any atom is -0.495 e. The Morgan fingerprint density at radius 1 is 1.75 bits per heavy atom. The predicted octanol–water partition coefficient (Wildman–Crippen LogP) is 0.986. The first-order valence-electron chi connectivity index (χ1n) is 3.14. The number of nitrogens with zero attached hydrogens (tertiary/aromatic N) is 1. The number of benzene rings is 1. The summed E-state index contributed by atoms with van der Waals surface area (Å²) in [6.45, 7) is 0. The lowest BCUT2D eigenvalue weighted by Crippen LogP contribution is -1.94. The zero-order chi connectivity index (χ0) is 9.14. The van der Waals surface area contributed by atoms with Gasteiger partial charge in [0, 0.05) is 6.07 Å². The van der Waals surface area contributed by atoms with Crippen molar-refractivity contribution in [3.05, 3.63) is 28.3 Å². The van der Waals surface area contributed by atoms with Gasteiger partial charge in [0.2, 0.25) is 0 Å². The minimum absolute atomic E-state index is 0.159. The third-order valence-corrected chi connectivity index (χ3v) is 1.34. The molecule has 0 bridgehead atoms. The Hall–Kier alpha value is -1.78. The van der Waals surface area contributed by atoms with Gasteiger partial charge in [-0.3, -0.25) is 10.1 Å². The number of nitrogens with two attached hydrogens (primary N) is 1. The van der Waals surface area contributed by atoms with Crippen molar-refractivity contribution in [1.29, 1.82) is 0 Å². The van der Waals surface area contributed by atoms with Crippen LogP contribution in [0.4, 0.5) is 11.4 Å². The van der Waals surface area contributed by atoms with Crippen LogP contribution in [0.2, 0.25) is 0 Å². The summed E-state index contributed by atoms with van der Waals surface area (Å²) in [4.78, 5) is 9.67. The van der Waals surface area contributed by atoms with Gasteiger partial charge in [-0.1, -0.05) is 0 Å². The zero-order valence-electron chi connectivity index (χ0n) is 6.40. The van der Waals surface area contributed by atoms with Crippen molar-refractivity contribution in [3.8, 4) is 5.75 Å². The van der Waals surface area contributed by atoms with E-state index in [1.54, 1.807) is 0 Å². The highest BCUT2D eigenvalue weighted by atomic mass is 16.6. The lowest BCUT2D eigenvalue weighted by atomic mass is 10.2. The van der Waals surface area contributed by atoms with Crippen molar-refractivity contribution >= 4 is 11.4 Å². The maximum Gasteiger partial charge on any atom is 0.279 e. The van der Waals surface area contributed by atoms with Crippen LogP contribution in [-0.4, -0.2) is 12.0 Å². The summed E-state index contributed by atoms with van der Waals surface area (Å²) in [5.74, 6) is 0.389. The van der Waals surface area contributed by atoms with Crippen LogP contribution in [0.15, 0.2) is 12.1 Å². The largest absolute Gasteiger partial charge is 0.495 e. The van der Waals surface area contributed by atoms with Crippen LogP contribution in [0.1, 0.15) is 0 Å². The second kappa shape index (κ2) is 3.08. The normalized spacial score (nSPS) is 9.42. The molecule has 0 spiro atoms. The SMILES string of the molecule is COc1c[c]c([N+](=O)[O-])cc1N. The van der Waals surface area contributed by atoms with Gasteiger partial charge in [0.05, 0.1) is 23.8 Å². The Balaban J connectivity index is 3.10. The first kappa shape index (κ1) is 8.32. The molecule has 1 rings (SSSR count). The molecule has 0 unspecified atom stereocenters. The number of rotatable bonds is 2. The monoisotopic (exact) mass is 167 g/mol. The summed E-state index contributed by atoms with van der Waals surface area (Å²) < 4.78 is 4.80. The van der Waals surface area contributed by atoms with Crippen LogP contribution >= 0.6 is 0 Å².